The van der Waals surface area contributed by atoms with Gasteiger partial charge in [-0.3, -0.25) is 4.90 Å². The average molecular weight is 434 g/mol. The molecule has 160 valence electrons. The van der Waals surface area contributed by atoms with Crippen LogP contribution in [0.15, 0.2) is 73.1 Å². The fourth-order valence-corrected chi connectivity index (χ4v) is 4.25. The van der Waals surface area contributed by atoms with Crippen molar-refractivity contribution in [3.63, 3.8) is 0 Å². The Morgan fingerprint density at radius 2 is 1.32 bits per heavy atom. The molecule has 0 N–H and O–H groups in total. The smallest absolute Gasteiger partial charge is 0.1000 e. The van der Waals surface area contributed by atoms with Gasteiger partial charge in [-0.25, -0.2) is 9.36 Å². The van der Waals surface area contributed by atoms with Gasteiger partial charge < -0.3 is 0 Å². The van der Waals surface area contributed by atoms with Crippen LogP contribution in [0.5, 0.6) is 0 Å². The molecule has 4 rings (SSSR count). The molecular weight excluding hydrogens is 406 g/mol. The molecule has 0 aliphatic heterocycles. The maximum Gasteiger partial charge on any atom is 0.1000 e. The predicted molar refractivity (Wildman–Crippen MR) is 125 cm³/mol. The number of para-hydroxylation sites is 2. The zero-order chi connectivity index (χ0) is 21.6. The van der Waals surface area contributed by atoms with Gasteiger partial charge >= 0.3 is 0 Å². The minimum absolute atomic E-state index is 0.187. The molecular formula is C23H27N7S. The Bertz CT molecular complexity index is 1080. The van der Waals surface area contributed by atoms with E-state index in [1.807, 2.05) is 94.2 Å². The van der Waals surface area contributed by atoms with Crippen molar-refractivity contribution in [3.05, 3.63) is 84.4 Å². The Morgan fingerprint density at radius 1 is 0.806 bits per heavy atom. The normalized spacial score (nSPS) is 13.4. The molecule has 0 bridgehead atoms. The number of hydrogen-bond acceptors (Lipinski definition) is 6. The first-order valence-corrected chi connectivity index (χ1v) is 11.4. The molecule has 0 unspecified atom stereocenters. The van der Waals surface area contributed by atoms with Crippen molar-refractivity contribution in [2.45, 2.75) is 25.1 Å². The zero-order valence-electron chi connectivity index (χ0n) is 18.0. The molecule has 2 aromatic heterocycles. The molecule has 0 saturated carbocycles. The van der Waals surface area contributed by atoms with Crippen molar-refractivity contribution in [2.75, 3.05) is 19.3 Å². The van der Waals surface area contributed by atoms with Crippen LogP contribution in [-0.4, -0.2) is 54.2 Å². The van der Waals surface area contributed by atoms with Gasteiger partial charge in [0, 0.05) is 17.5 Å². The molecule has 2 aromatic carbocycles. The van der Waals surface area contributed by atoms with Crippen molar-refractivity contribution >= 4 is 11.8 Å². The number of hydrogen-bond donors (Lipinski definition) is 0. The molecule has 0 saturated heterocycles. The van der Waals surface area contributed by atoms with Gasteiger partial charge in [0.05, 0.1) is 41.2 Å². The molecule has 0 aliphatic rings. The van der Waals surface area contributed by atoms with E-state index in [2.05, 4.69) is 46.4 Å². The third-order valence-corrected chi connectivity index (χ3v) is 6.54. The molecule has 2 heterocycles. The molecule has 8 heteroatoms. The van der Waals surface area contributed by atoms with Gasteiger partial charge in [0.15, 0.2) is 0 Å². The van der Waals surface area contributed by atoms with Gasteiger partial charge in [-0.15, -0.1) is 10.2 Å². The summed E-state index contributed by atoms with van der Waals surface area (Å²) in [5, 5.41) is 17.6. The van der Waals surface area contributed by atoms with E-state index in [0.29, 0.717) is 0 Å². The van der Waals surface area contributed by atoms with Gasteiger partial charge in [-0.05, 0) is 45.2 Å². The average Bonchev–Trinajstić information content (AvgIpc) is 3.50. The molecule has 0 aliphatic carbocycles. The summed E-state index contributed by atoms with van der Waals surface area (Å²) in [6, 6.07) is 20.3. The van der Waals surface area contributed by atoms with Crippen molar-refractivity contribution < 1.29 is 0 Å². The van der Waals surface area contributed by atoms with E-state index in [4.69, 9.17) is 0 Å². The van der Waals surface area contributed by atoms with E-state index >= 15 is 0 Å². The van der Waals surface area contributed by atoms with Crippen molar-refractivity contribution in [1.29, 1.82) is 0 Å². The van der Waals surface area contributed by atoms with Gasteiger partial charge in [-0.1, -0.05) is 46.8 Å². The van der Waals surface area contributed by atoms with Crippen molar-refractivity contribution in [1.82, 2.24) is 34.9 Å². The van der Waals surface area contributed by atoms with E-state index in [9.17, 15) is 0 Å². The second-order valence-corrected chi connectivity index (χ2v) is 8.97. The Balaban J connectivity index is 1.28. The molecule has 0 radical (unpaired) electrons. The van der Waals surface area contributed by atoms with E-state index in [1.165, 1.54) is 0 Å². The second kappa shape index (κ2) is 9.89. The number of rotatable bonds is 9. The van der Waals surface area contributed by atoms with Crippen LogP contribution in [0.2, 0.25) is 0 Å². The maximum absolute atomic E-state index is 4.38. The molecule has 4 aromatic rings. The third kappa shape index (κ3) is 5.21. The van der Waals surface area contributed by atoms with E-state index in [1.54, 1.807) is 0 Å². The zero-order valence-corrected chi connectivity index (χ0v) is 18.9. The fourth-order valence-electron chi connectivity index (χ4n) is 3.22. The third-order valence-electron chi connectivity index (χ3n) is 5.38. The summed E-state index contributed by atoms with van der Waals surface area (Å²) in [5.41, 5.74) is 4.00. The lowest BCUT2D eigenvalue weighted by molar-refractivity contribution is 0.273. The first kappa shape index (κ1) is 21.3. The highest BCUT2D eigenvalue weighted by atomic mass is 32.2. The Labute approximate surface area is 187 Å². The summed E-state index contributed by atoms with van der Waals surface area (Å²) in [6.07, 6.45) is 4.02. The van der Waals surface area contributed by atoms with Crippen LogP contribution in [0, 0.1) is 0 Å². The molecule has 2 atom stereocenters. The van der Waals surface area contributed by atoms with Crippen molar-refractivity contribution in [3.8, 4) is 11.4 Å². The molecule has 7 nitrogen and oxygen atoms in total. The lowest BCUT2D eigenvalue weighted by Crippen LogP contribution is -2.25. The molecule has 0 amide bonds. The summed E-state index contributed by atoms with van der Waals surface area (Å²) in [6.45, 7) is 5.29. The second-order valence-electron chi connectivity index (χ2n) is 7.52. The lowest BCUT2D eigenvalue weighted by atomic mass is 10.2. The Morgan fingerprint density at radius 3 is 1.90 bits per heavy atom. The summed E-state index contributed by atoms with van der Waals surface area (Å²) in [7, 11) is 2.13. The summed E-state index contributed by atoms with van der Waals surface area (Å²) in [5.74, 6) is 0.993. The topological polar surface area (TPSA) is 64.7 Å². The van der Waals surface area contributed by atoms with Crippen LogP contribution in [0.1, 0.15) is 36.5 Å². The van der Waals surface area contributed by atoms with Crippen LogP contribution < -0.4 is 0 Å². The predicted octanol–water partition coefficient (Wildman–Crippen LogP) is 4.34. The van der Waals surface area contributed by atoms with Gasteiger partial charge in [-0.2, -0.15) is 11.8 Å². The summed E-state index contributed by atoms with van der Waals surface area (Å²) < 4.78 is 3.66. The number of nitrogens with zero attached hydrogens (tertiary/aromatic N) is 7. The number of benzene rings is 2. The van der Waals surface area contributed by atoms with Gasteiger partial charge in [0.25, 0.3) is 0 Å². The largest absolute Gasteiger partial charge is 0.297 e. The molecule has 0 spiro atoms. The van der Waals surface area contributed by atoms with E-state index < -0.39 is 0 Å². The summed E-state index contributed by atoms with van der Waals surface area (Å²) in [4.78, 5) is 2.31. The van der Waals surface area contributed by atoms with Crippen LogP contribution in [0.3, 0.4) is 0 Å². The van der Waals surface area contributed by atoms with Gasteiger partial charge in [0.1, 0.15) is 0 Å². The number of aromatic nitrogens is 6. The summed E-state index contributed by atoms with van der Waals surface area (Å²) >= 11 is 1.88. The van der Waals surface area contributed by atoms with Crippen molar-refractivity contribution in [2.24, 2.45) is 0 Å². The fraction of sp³-hybridized carbons (Fsp3) is 0.304. The Hall–Kier alpha value is -2.97. The monoisotopic (exact) mass is 433 g/mol. The van der Waals surface area contributed by atoms with Crippen LogP contribution >= 0.6 is 11.8 Å². The standard InChI is InChI=1S/C23H27N7S/c1-18(22-16-29(26-24-22)20-10-6-4-7-11-20)28(3)14-15-31-19(2)23-17-30(27-25-23)21-12-8-5-9-13-21/h4-13,16-19H,14-15H2,1-3H3/t18-,19-/m0/s1. The lowest BCUT2D eigenvalue weighted by Gasteiger charge is -2.23. The van der Waals surface area contributed by atoms with Crippen LogP contribution in [0.25, 0.3) is 11.4 Å². The minimum Gasteiger partial charge on any atom is -0.297 e. The highest BCUT2D eigenvalue weighted by Crippen LogP contribution is 2.27. The van der Waals surface area contributed by atoms with E-state index in [-0.39, 0.29) is 11.3 Å². The van der Waals surface area contributed by atoms with Gasteiger partial charge in [0.2, 0.25) is 0 Å². The molecule has 0 fully saturated rings. The first-order valence-electron chi connectivity index (χ1n) is 10.4. The highest BCUT2D eigenvalue weighted by Gasteiger charge is 2.17. The minimum atomic E-state index is 0.187. The Kier molecular flexibility index (Phi) is 6.79. The highest BCUT2D eigenvalue weighted by molar-refractivity contribution is 7.99. The van der Waals surface area contributed by atoms with Crippen LogP contribution in [0.4, 0.5) is 0 Å². The number of thioether (sulfide) groups is 1. The molecule has 31 heavy (non-hydrogen) atoms. The van der Waals surface area contributed by atoms with E-state index in [0.717, 1.165) is 35.1 Å². The quantitative estimate of drug-likeness (QED) is 0.391. The van der Waals surface area contributed by atoms with Crippen LogP contribution in [-0.2, 0) is 0 Å². The first-order chi connectivity index (χ1) is 15.1. The maximum atomic E-state index is 4.38. The SMILES string of the molecule is C[C@H](SCCN(C)[C@@H](C)c1cn(-c2ccccc2)nn1)c1cn(-c2ccccc2)nn1.